The Balaban J connectivity index is 2.13. The quantitative estimate of drug-likeness (QED) is 0.869. The molecule has 1 aliphatic carbocycles. The van der Waals surface area contributed by atoms with Gasteiger partial charge in [0, 0.05) is 18.9 Å². The van der Waals surface area contributed by atoms with Crippen LogP contribution in [0.15, 0.2) is 0 Å². The maximum absolute atomic E-state index is 6.42. The van der Waals surface area contributed by atoms with Crippen molar-refractivity contribution in [3.8, 4) is 0 Å². The Morgan fingerprint density at radius 1 is 1.14 bits per heavy atom. The molecule has 0 aliphatic heterocycles. The van der Waals surface area contributed by atoms with Gasteiger partial charge in [-0.15, -0.1) is 0 Å². The largest absolute Gasteiger partial charge is 0.384 e. The second kappa shape index (κ2) is 6.41. The molecule has 0 amide bonds. The first-order chi connectivity index (χ1) is 9.88. The van der Waals surface area contributed by atoms with Crippen LogP contribution in [-0.4, -0.2) is 9.55 Å². The van der Waals surface area contributed by atoms with Gasteiger partial charge < -0.3 is 10.3 Å². The van der Waals surface area contributed by atoms with Gasteiger partial charge in [-0.1, -0.05) is 34.6 Å². The summed E-state index contributed by atoms with van der Waals surface area (Å²) in [4.78, 5) is 4.90. The summed E-state index contributed by atoms with van der Waals surface area (Å²) >= 11 is 0. The van der Waals surface area contributed by atoms with Crippen molar-refractivity contribution in [2.75, 3.05) is 5.73 Å². The molecule has 1 heterocycles. The van der Waals surface area contributed by atoms with Gasteiger partial charge in [-0.3, -0.25) is 0 Å². The summed E-state index contributed by atoms with van der Waals surface area (Å²) in [6, 6.07) is 0. The van der Waals surface area contributed by atoms with E-state index in [1.807, 2.05) is 0 Å². The van der Waals surface area contributed by atoms with E-state index in [0.29, 0.717) is 11.3 Å². The van der Waals surface area contributed by atoms with Crippen LogP contribution in [0.1, 0.15) is 84.2 Å². The number of aromatic nitrogens is 2. The molecule has 2 rings (SSSR count). The SMILES string of the molecule is CCCn1c(CC)nc(C2CCC(C(C)(C)C)CC2)c1N. The molecule has 0 bridgehead atoms. The molecule has 1 aromatic heterocycles. The predicted octanol–water partition coefficient (Wildman–Crippen LogP) is 4.76. The number of hydrogen-bond acceptors (Lipinski definition) is 2. The average Bonchev–Trinajstić information content (AvgIpc) is 2.76. The summed E-state index contributed by atoms with van der Waals surface area (Å²) in [5.41, 5.74) is 8.04. The zero-order chi connectivity index (χ0) is 15.6. The highest BCUT2D eigenvalue weighted by Crippen LogP contribution is 2.44. The lowest BCUT2D eigenvalue weighted by molar-refractivity contribution is 0.168. The van der Waals surface area contributed by atoms with Crippen LogP contribution < -0.4 is 5.73 Å². The maximum atomic E-state index is 6.42. The number of nitrogens with zero attached hydrogens (tertiary/aromatic N) is 2. The van der Waals surface area contributed by atoms with Gasteiger partial charge in [0.1, 0.15) is 11.6 Å². The van der Waals surface area contributed by atoms with Crippen LogP contribution in [-0.2, 0) is 13.0 Å². The van der Waals surface area contributed by atoms with E-state index in [4.69, 9.17) is 10.7 Å². The van der Waals surface area contributed by atoms with Gasteiger partial charge in [-0.05, 0) is 43.4 Å². The number of imidazole rings is 1. The van der Waals surface area contributed by atoms with Crippen molar-refractivity contribution < 1.29 is 0 Å². The molecule has 1 aromatic rings. The Kier molecular flexibility index (Phi) is 5.00. The summed E-state index contributed by atoms with van der Waals surface area (Å²) in [5.74, 6) is 3.53. The van der Waals surface area contributed by atoms with E-state index in [0.717, 1.165) is 31.1 Å². The third-order valence-corrected chi connectivity index (χ3v) is 5.22. The van der Waals surface area contributed by atoms with Crippen LogP contribution in [0.25, 0.3) is 0 Å². The fourth-order valence-corrected chi connectivity index (χ4v) is 3.81. The monoisotopic (exact) mass is 291 g/mol. The Bertz CT molecular complexity index is 460. The van der Waals surface area contributed by atoms with Crippen LogP contribution >= 0.6 is 0 Å². The fourth-order valence-electron chi connectivity index (χ4n) is 3.81. The van der Waals surface area contributed by atoms with E-state index in [1.165, 1.54) is 37.2 Å². The third-order valence-electron chi connectivity index (χ3n) is 5.22. The molecule has 1 aliphatic rings. The maximum Gasteiger partial charge on any atom is 0.127 e. The molecule has 120 valence electrons. The summed E-state index contributed by atoms with van der Waals surface area (Å²) in [6.45, 7) is 12.5. The standard InChI is InChI=1S/C18H33N3/c1-6-12-21-15(7-2)20-16(17(21)19)13-8-10-14(11-9-13)18(3,4)5/h13-14H,6-12,19H2,1-5H3. The molecule has 0 saturated heterocycles. The van der Waals surface area contributed by atoms with Crippen LogP contribution in [0.3, 0.4) is 0 Å². The summed E-state index contributed by atoms with van der Waals surface area (Å²) in [6.07, 6.45) is 7.22. The van der Waals surface area contributed by atoms with E-state index < -0.39 is 0 Å². The Labute approximate surface area is 130 Å². The highest BCUT2D eigenvalue weighted by atomic mass is 15.1. The highest BCUT2D eigenvalue weighted by Gasteiger charge is 2.32. The first-order valence-electron chi connectivity index (χ1n) is 8.73. The minimum atomic E-state index is 0.437. The summed E-state index contributed by atoms with van der Waals surface area (Å²) in [7, 11) is 0. The molecule has 2 N–H and O–H groups in total. The molecule has 3 nitrogen and oxygen atoms in total. The van der Waals surface area contributed by atoms with Crippen molar-refractivity contribution in [2.24, 2.45) is 11.3 Å². The topological polar surface area (TPSA) is 43.8 Å². The van der Waals surface area contributed by atoms with Crippen LogP contribution in [0.4, 0.5) is 5.82 Å². The number of rotatable bonds is 4. The fraction of sp³-hybridized carbons (Fsp3) is 0.833. The van der Waals surface area contributed by atoms with E-state index in [-0.39, 0.29) is 0 Å². The normalized spacial score (nSPS) is 23.5. The minimum Gasteiger partial charge on any atom is -0.384 e. The van der Waals surface area contributed by atoms with E-state index in [2.05, 4.69) is 39.2 Å². The Morgan fingerprint density at radius 2 is 1.76 bits per heavy atom. The molecule has 21 heavy (non-hydrogen) atoms. The molecule has 1 saturated carbocycles. The Hall–Kier alpha value is -0.990. The lowest BCUT2D eigenvalue weighted by atomic mass is 9.69. The second-order valence-corrected chi connectivity index (χ2v) is 7.72. The minimum absolute atomic E-state index is 0.437. The van der Waals surface area contributed by atoms with E-state index in [9.17, 15) is 0 Å². The molecule has 3 heteroatoms. The lowest BCUT2D eigenvalue weighted by Gasteiger charge is -2.36. The Morgan fingerprint density at radius 3 is 2.24 bits per heavy atom. The first kappa shape index (κ1) is 16.4. The van der Waals surface area contributed by atoms with Crippen molar-refractivity contribution in [3.05, 3.63) is 11.5 Å². The molecule has 0 aromatic carbocycles. The highest BCUT2D eigenvalue weighted by molar-refractivity contribution is 5.41. The van der Waals surface area contributed by atoms with Gasteiger partial charge in [-0.2, -0.15) is 0 Å². The van der Waals surface area contributed by atoms with Crippen LogP contribution in [0.2, 0.25) is 0 Å². The predicted molar refractivity (Wildman–Crippen MR) is 90.5 cm³/mol. The molecule has 0 unspecified atom stereocenters. The first-order valence-corrected chi connectivity index (χ1v) is 8.73. The molecule has 0 spiro atoms. The number of anilines is 1. The van der Waals surface area contributed by atoms with Crippen molar-refractivity contribution >= 4 is 5.82 Å². The van der Waals surface area contributed by atoms with Crippen molar-refractivity contribution in [1.29, 1.82) is 0 Å². The number of aryl methyl sites for hydroxylation is 1. The van der Waals surface area contributed by atoms with Crippen molar-refractivity contribution in [2.45, 2.75) is 85.6 Å². The number of nitrogens with two attached hydrogens (primary N) is 1. The third kappa shape index (κ3) is 3.44. The second-order valence-electron chi connectivity index (χ2n) is 7.72. The average molecular weight is 291 g/mol. The van der Waals surface area contributed by atoms with Crippen LogP contribution in [0, 0.1) is 11.3 Å². The number of hydrogen-bond donors (Lipinski definition) is 1. The van der Waals surface area contributed by atoms with Gasteiger partial charge >= 0.3 is 0 Å². The lowest BCUT2D eigenvalue weighted by Crippen LogP contribution is -2.25. The van der Waals surface area contributed by atoms with Gasteiger partial charge in [0.2, 0.25) is 0 Å². The molecule has 1 fully saturated rings. The van der Waals surface area contributed by atoms with Gasteiger partial charge in [0.25, 0.3) is 0 Å². The van der Waals surface area contributed by atoms with E-state index >= 15 is 0 Å². The molecular formula is C18H33N3. The smallest absolute Gasteiger partial charge is 0.127 e. The zero-order valence-corrected chi connectivity index (χ0v) is 14.6. The van der Waals surface area contributed by atoms with Crippen molar-refractivity contribution in [1.82, 2.24) is 9.55 Å². The van der Waals surface area contributed by atoms with Gasteiger partial charge in [-0.25, -0.2) is 4.98 Å². The van der Waals surface area contributed by atoms with Gasteiger partial charge in [0.05, 0.1) is 5.69 Å². The van der Waals surface area contributed by atoms with Crippen molar-refractivity contribution in [3.63, 3.8) is 0 Å². The van der Waals surface area contributed by atoms with E-state index in [1.54, 1.807) is 0 Å². The zero-order valence-electron chi connectivity index (χ0n) is 14.6. The van der Waals surface area contributed by atoms with Crippen LogP contribution in [0.5, 0.6) is 0 Å². The molecule has 0 atom stereocenters. The molecular weight excluding hydrogens is 258 g/mol. The number of nitrogen functional groups attached to an aromatic ring is 1. The summed E-state index contributed by atoms with van der Waals surface area (Å²) in [5, 5.41) is 0. The summed E-state index contributed by atoms with van der Waals surface area (Å²) < 4.78 is 2.24. The van der Waals surface area contributed by atoms with Gasteiger partial charge in [0.15, 0.2) is 0 Å². The molecule has 0 radical (unpaired) electrons.